The summed E-state index contributed by atoms with van der Waals surface area (Å²) in [6, 6.07) is 0. The fourth-order valence-electron chi connectivity index (χ4n) is 0.398. The highest BCUT2D eigenvalue weighted by atomic mass is 19.4. The Labute approximate surface area is 71.0 Å². The Balaban J connectivity index is 5.34. The van der Waals surface area contributed by atoms with Crippen LogP contribution in [0.25, 0.3) is 0 Å². The monoisotopic (exact) mass is 230 g/mol. The van der Waals surface area contributed by atoms with Crippen molar-refractivity contribution in [3.8, 4) is 0 Å². The van der Waals surface area contributed by atoms with Crippen molar-refractivity contribution in [3.05, 3.63) is 0 Å². The van der Waals surface area contributed by atoms with E-state index in [1.165, 1.54) is 0 Å². The molecule has 0 rings (SSSR count). The third-order valence-electron chi connectivity index (χ3n) is 1.14. The van der Waals surface area contributed by atoms with E-state index in [1.54, 1.807) is 4.94 Å². The summed E-state index contributed by atoms with van der Waals surface area (Å²) in [7, 11) is 0. The maximum Gasteiger partial charge on any atom is 0.460 e. The van der Waals surface area contributed by atoms with Gasteiger partial charge in [-0.3, -0.25) is 0 Å². The van der Waals surface area contributed by atoms with E-state index >= 15 is 0 Å². The molecule has 0 fully saturated rings. The maximum absolute atomic E-state index is 12.3. The van der Waals surface area contributed by atoms with Crippen molar-refractivity contribution in [2.45, 2.75) is 18.0 Å². The van der Waals surface area contributed by atoms with Crippen LogP contribution in [0, 0.1) is 0 Å². The second-order valence-electron chi connectivity index (χ2n) is 2.05. The molecule has 0 aromatic rings. The maximum atomic E-state index is 12.3. The molecule has 0 saturated heterocycles. The van der Waals surface area contributed by atoms with Gasteiger partial charge >= 0.3 is 23.9 Å². The summed E-state index contributed by atoms with van der Waals surface area (Å²) >= 11 is 0. The van der Waals surface area contributed by atoms with Gasteiger partial charge in [0.2, 0.25) is 0 Å². The molecule has 14 heavy (non-hydrogen) atoms. The van der Waals surface area contributed by atoms with Crippen LogP contribution in [0.4, 0.5) is 30.9 Å². The number of carboxylic acid groups (broad SMARTS) is 1. The third kappa shape index (κ3) is 1.61. The van der Waals surface area contributed by atoms with Gasteiger partial charge in [0.25, 0.3) is 0 Å². The van der Waals surface area contributed by atoms with E-state index in [2.05, 4.69) is 0 Å². The van der Waals surface area contributed by atoms with Crippen molar-refractivity contribution >= 4 is 5.97 Å². The topological polar surface area (TPSA) is 46.5 Å². The lowest BCUT2D eigenvalue weighted by atomic mass is 10.1. The van der Waals surface area contributed by atoms with Crippen LogP contribution in [0.5, 0.6) is 0 Å². The van der Waals surface area contributed by atoms with E-state index in [-0.39, 0.29) is 0 Å². The second-order valence-corrected chi connectivity index (χ2v) is 2.05. The minimum Gasteiger partial charge on any atom is -0.477 e. The molecule has 1 unspecified atom stereocenters. The molecule has 0 bridgehead atoms. The molecule has 0 aliphatic carbocycles. The summed E-state index contributed by atoms with van der Waals surface area (Å²) in [5.74, 6) is -15.7. The minimum atomic E-state index is -6.59. The number of aliphatic carboxylic acids is 1. The van der Waals surface area contributed by atoms with Gasteiger partial charge < -0.3 is 5.11 Å². The number of carboxylic acids is 1. The van der Waals surface area contributed by atoms with Gasteiger partial charge in [0.15, 0.2) is 0 Å². The van der Waals surface area contributed by atoms with Crippen LogP contribution in [0.3, 0.4) is 0 Å². The number of hydrogen-bond donors (Lipinski definition) is 1. The van der Waals surface area contributed by atoms with Gasteiger partial charge in [-0.1, -0.05) is 0 Å². The van der Waals surface area contributed by atoms with Crippen molar-refractivity contribution in [1.82, 2.24) is 0 Å². The average Bonchev–Trinajstić information content (AvgIpc) is 2.00. The Hall–Kier alpha value is -1.06. The van der Waals surface area contributed by atoms with Gasteiger partial charge in [-0.15, -0.1) is 4.94 Å². The highest BCUT2D eigenvalue weighted by Gasteiger charge is 2.78. The van der Waals surface area contributed by atoms with Gasteiger partial charge in [0.05, 0.1) is 0 Å². The van der Waals surface area contributed by atoms with Crippen LogP contribution in [0.1, 0.15) is 0 Å². The molecule has 10 heteroatoms. The van der Waals surface area contributed by atoms with Gasteiger partial charge in [0.1, 0.15) is 0 Å². The first-order valence-electron chi connectivity index (χ1n) is 2.67. The molecule has 1 N–H and O–H groups in total. The molecule has 0 spiro atoms. The predicted molar refractivity (Wildman–Crippen MR) is 24.7 cm³/mol. The predicted octanol–water partition coefficient (Wildman–Crippen LogP) is 1.84. The molecular formula is C4HF7O3. The molecule has 0 radical (unpaired) electrons. The summed E-state index contributed by atoms with van der Waals surface area (Å²) in [6.45, 7) is 0. The fraction of sp³-hybridized carbons (Fsp3) is 0.750. The molecule has 0 aliphatic heterocycles. The SMILES string of the molecule is O=C(O)C(F)(OF)C(F)(F)C(F)(F)F. The zero-order chi connectivity index (χ0) is 11.8. The van der Waals surface area contributed by atoms with Crippen LogP contribution in [-0.4, -0.2) is 29.0 Å². The van der Waals surface area contributed by atoms with Crippen molar-refractivity contribution in [2.75, 3.05) is 0 Å². The Morgan fingerprint density at radius 2 is 1.43 bits per heavy atom. The molecule has 0 aliphatic rings. The van der Waals surface area contributed by atoms with Crippen molar-refractivity contribution < 1.29 is 45.7 Å². The smallest absolute Gasteiger partial charge is 0.460 e. The van der Waals surface area contributed by atoms with E-state index in [1.807, 2.05) is 0 Å². The fourth-order valence-corrected chi connectivity index (χ4v) is 0.398. The molecule has 0 amide bonds. The highest BCUT2D eigenvalue weighted by Crippen LogP contribution is 2.46. The number of alkyl halides is 6. The van der Waals surface area contributed by atoms with Crippen LogP contribution >= 0.6 is 0 Å². The van der Waals surface area contributed by atoms with Crippen LogP contribution < -0.4 is 0 Å². The normalized spacial score (nSPS) is 17.6. The molecule has 3 nitrogen and oxygen atoms in total. The van der Waals surface area contributed by atoms with E-state index in [0.29, 0.717) is 0 Å². The van der Waals surface area contributed by atoms with E-state index < -0.39 is 23.9 Å². The van der Waals surface area contributed by atoms with Crippen LogP contribution in [0.2, 0.25) is 0 Å². The molecule has 0 saturated carbocycles. The molecule has 0 aromatic carbocycles. The summed E-state index contributed by atoms with van der Waals surface area (Å²) < 4.78 is 81.4. The summed E-state index contributed by atoms with van der Waals surface area (Å²) in [5.41, 5.74) is 0. The van der Waals surface area contributed by atoms with E-state index in [0.717, 1.165) is 0 Å². The van der Waals surface area contributed by atoms with Gasteiger partial charge in [-0.25, -0.2) is 4.79 Å². The van der Waals surface area contributed by atoms with Crippen molar-refractivity contribution in [1.29, 1.82) is 0 Å². The first-order valence-corrected chi connectivity index (χ1v) is 2.67. The number of hydrogen-bond acceptors (Lipinski definition) is 2. The van der Waals surface area contributed by atoms with Crippen molar-refractivity contribution in [2.24, 2.45) is 0 Å². The molecule has 84 valence electrons. The van der Waals surface area contributed by atoms with E-state index in [4.69, 9.17) is 5.11 Å². The Morgan fingerprint density at radius 1 is 1.07 bits per heavy atom. The van der Waals surface area contributed by atoms with Crippen LogP contribution in [-0.2, 0) is 9.74 Å². The molecule has 0 heterocycles. The average molecular weight is 230 g/mol. The zero-order valence-corrected chi connectivity index (χ0v) is 5.91. The van der Waals surface area contributed by atoms with Gasteiger partial charge in [-0.05, 0) is 4.53 Å². The quantitative estimate of drug-likeness (QED) is 0.752. The standard InChI is InChI=1S/C4HF7O3/c5-2(14-11,1(12)13)3(6,7)4(8,9)10/h(H,12,13). The largest absolute Gasteiger partial charge is 0.477 e. The number of halogens is 7. The number of rotatable bonds is 3. The first-order chi connectivity index (χ1) is 6.00. The summed E-state index contributed by atoms with van der Waals surface area (Å²) in [4.78, 5) is 11.2. The minimum absolute atomic E-state index is 1.55. The number of carbonyl (C=O) groups is 1. The molecule has 0 aromatic heterocycles. The summed E-state index contributed by atoms with van der Waals surface area (Å²) in [6.07, 6.45) is -6.59. The first kappa shape index (κ1) is 12.9. The zero-order valence-electron chi connectivity index (χ0n) is 5.91. The van der Waals surface area contributed by atoms with E-state index in [9.17, 15) is 35.7 Å². The molecular weight excluding hydrogens is 229 g/mol. The second kappa shape index (κ2) is 3.26. The lowest BCUT2D eigenvalue weighted by molar-refractivity contribution is -0.415. The Kier molecular flexibility index (Phi) is 3.01. The lowest BCUT2D eigenvalue weighted by Gasteiger charge is -2.26. The van der Waals surface area contributed by atoms with Gasteiger partial charge in [-0.2, -0.15) is 26.3 Å². The van der Waals surface area contributed by atoms with Crippen molar-refractivity contribution in [3.63, 3.8) is 0 Å². The van der Waals surface area contributed by atoms with Gasteiger partial charge in [0, 0.05) is 0 Å². The lowest BCUT2D eigenvalue weighted by Crippen LogP contribution is -2.59. The third-order valence-corrected chi connectivity index (χ3v) is 1.14. The van der Waals surface area contributed by atoms with Crippen LogP contribution in [0.15, 0.2) is 0 Å². The Bertz CT molecular complexity index is 236. The summed E-state index contributed by atoms with van der Waals surface area (Å²) in [5, 5.41) is 7.61. The Morgan fingerprint density at radius 3 is 1.50 bits per heavy atom. The highest BCUT2D eigenvalue weighted by molar-refractivity contribution is 5.77. The molecule has 1 atom stereocenters.